The Morgan fingerprint density at radius 1 is 1.11 bits per heavy atom. The van der Waals surface area contributed by atoms with Crippen molar-refractivity contribution in [1.29, 1.82) is 0 Å². The summed E-state index contributed by atoms with van der Waals surface area (Å²) in [4.78, 5) is 4.85. The van der Waals surface area contributed by atoms with Gasteiger partial charge < -0.3 is 9.32 Å². The van der Waals surface area contributed by atoms with Gasteiger partial charge in [-0.3, -0.25) is 9.47 Å². The SMILES string of the molecule is CCn1c(-c2ccco2)nn(CN2CCN(c3cccc(C)c3)CC2)c1=S. The molecule has 0 atom stereocenters. The largest absolute Gasteiger partial charge is 0.461 e. The maximum absolute atomic E-state index is 5.65. The number of aryl methyl sites for hydroxylation is 1. The van der Waals surface area contributed by atoms with Gasteiger partial charge >= 0.3 is 0 Å². The highest BCUT2D eigenvalue weighted by Gasteiger charge is 2.20. The Bertz CT molecular complexity index is 951. The van der Waals surface area contributed by atoms with Gasteiger partial charge in [-0.05, 0) is 55.9 Å². The molecule has 6 nitrogen and oxygen atoms in total. The van der Waals surface area contributed by atoms with Gasteiger partial charge in [0.05, 0.1) is 12.9 Å². The standard InChI is InChI=1S/C20H25N5OS/c1-3-24-19(18-8-5-13-26-18)21-25(20(24)27)15-22-9-11-23(12-10-22)17-7-4-6-16(2)14-17/h4-8,13-14H,3,9-12,15H2,1-2H3. The molecular weight excluding hydrogens is 358 g/mol. The van der Waals surface area contributed by atoms with Crippen molar-refractivity contribution in [3.63, 3.8) is 0 Å². The fourth-order valence-electron chi connectivity index (χ4n) is 3.57. The van der Waals surface area contributed by atoms with Crippen molar-refractivity contribution in [3.05, 3.63) is 53.0 Å². The van der Waals surface area contributed by atoms with Gasteiger partial charge in [0.2, 0.25) is 0 Å². The number of nitrogens with zero attached hydrogens (tertiary/aromatic N) is 5. The molecule has 2 aromatic heterocycles. The van der Waals surface area contributed by atoms with Crippen molar-refractivity contribution in [2.24, 2.45) is 0 Å². The highest BCUT2D eigenvalue weighted by molar-refractivity contribution is 7.71. The summed E-state index contributed by atoms with van der Waals surface area (Å²) in [7, 11) is 0. The van der Waals surface area contributed by atoms with Crippen molar-refractivity contribution < 1.29 is 4.42 Å². The van der Waals surface area contributed by atoms with Gasteiger partial charge in [0.1, 0.15) is 0 Å². The fraction of sp³-hybridized carbons (Fsp3) is 0.400. The molecule has 7 heteroatoms. The molecule has 1 aliphatic rings. The zero-order valence-corrected chi connectivity index (χ0v) is 16.7. The van der Waals surface area contributed by atoms with Gasteiger partial charge in [-0.25, -0.2) is 4.68 Å². The maximum atomic E-state index is 5.65. The lowest BCUT2D eigenvalue weighted by Crippen LogP contribution is -2.47. The summed E-state index contributed by atoms with van der Waals surface area (Å²) in [5, 5.41) is 4.73. The molecule has 1 aromatic carbocycles. The summed E-state index contributed by atoms with van der Waals surface area (Å²) < 4.78 is 10.2. The number of hydrogen-bond acceptors (Lipinski definition) is 5. The highest BCUT2D eigenvalue weighted by Crippen LogP contribution is 2.20. The Kier molecular flexibility index (Phi) is 5.13. The molecule has 1 aliphatic heterocycles. The van der Waals surface area contributed by atoms with Crippen LogP contribution in [0.2, 0.25) is 0 Å². The number of rotatable bonds is 5. The van der Waals surface area contributed by atoms with Gasteiger partial charge in [-0.1, -0.05) is 12.1 Å². The van der Waals surface area contributed by atoms with Crippen LogP contribution in [-0.2, 0) is 13.2 Å². The minimum atomic E-state index is 0.710. The van der Waals surface area contributed by atoms with E-state index in [-0.39, 0.29) is 0 Å². The van der Waals surface area contributed by atoms with E-state index in [9.17, 15) is 0 Å². The lowest BCUT2D eigenvalue weighted by molar-refractivity contribution is 0.194. The Morgan fingerprint density at radius 2 is 1.93 bits per heavy atom. The first kappa shape index (κ1) is 18.0. The molecule has 1 saturated heterocycles. The summed E-state index contributed by atoms with van der Waals surface area (Å²) in [6.45, 7) is 9.70. The minimum Gasteiger partial charge on any atom is -0.461 e. The molecule has 3 heterocycles. The second-order valence-electron chi connectivity index (χ2n) is 6.91. The van der Waals surface area contributed by atoms with Crippen LogP contribution in [0.25, 0.3) is 11.6 Å². The van der Waals surface area contributed by atoms with Gasteiger partial charge in [0.15, 0.2) is 16.4 Å². The Balaban J connectivity index is 1.46. The van der Waals surface area contributed by atoms with E-state index in [1.165, 1.54) is 11.3 Å². The molecule has 4 rings (SSSR count). The fourth-order valence-corrected chi connectivity index (χ4v) is 3.88. The molecule has 0 saturated carbocycles. The maximum Gasteiger partial charge on any atom is 0.199 e. The lowest BCUT2D eigenvalue weighted by Gasteiger charge is -2.36. The minimum absolute atomic E-state index is 0.710. The number of hydrogen-bond donors (Lipinski definition) is 0. The summed E-state index contributed by atoms with van der Waals surface area (Å²) in [5.41, 5.74) is 2.61. The molecule has 0 unspecified atom stereocenters. The van der Waals surface area contributed by atoms with Gasteiger partial charge in [0, 0.05) is 38.4 Å². The van der Waals surface area contributed by atoms with Crippen molar-refractivity contribution in [3.8, 4) is 11.6 Å². The quantitative estimate of drug-likeness (QED) is 0.627. The number of furan rings is 1. The zero-order valence-electron chi connectivity index (χ0n) is 15.8. The topological polar surface area (TPSA) is 42.4 Å². The highest BCUT2D eigenvalue weighted by atomic mass is 32.1. The number of piperazine rings is 1. The summed E-state index contributed by atoms with van der Waals surface area (Å²) in [6.07, 6.45) is 1.67. The van der Waals surface area contributed by atoms with Crippen molar-refractivity contribution in [2.75, 3.05) is 31.1 Å². The second kappa shape index (κ2) is 7.70. The van der Waals surface area contributed by atoms with E-state index < -0.39 is 0 Å². The van der Waals surface area contributed by atoms with Crippen molar-refractivity contribution in [2.45, 2.75) is 27.1 Å². The van der Waals surface area contributed by atoms with E-state index in [4.69, 9.17) is 21.7 Å². The number of aromatic nitrogens is 3. The van der Waals surface area contributed by atoms with Crippen LogP contribution >= 0.6 is 12.2 Å². The lowest BCUT2D eigenvalue weighted by atomic mass is 10.2. The molecule has 0 N–H and O–H groups in total. The van der Waals surface area contributed by atoms with E-state index in [1.54, 1.807) is 6.26 Å². The monoisotopic (exact) mass is 383 g/mol. The molecule has 142 valence electrons. The molecule has 0 aliphatic carbocycles. The summed E-state index contributed by atoms with van der Waals surface area (Å²) in [5.74, 6) is 1.55. The first-order valence-corrected chi connectivity index (χ1v) is 9.82. The third-order valence-corrected chi connectivity index (χ3v) is 5.48. The Hall–Kier alpha value is -2.38. The molecule has 0 bridgehead atoms. The van der Waals surface area contributed by atoms with Crippen LogP contribution in [-0.4, -0.2) is 45.4 Å². The Morgan fingerprint density at radius 3 is 2.59 bits per heavy atom. The van der Waals surface area contributed by atoms with Crippen molar-refractivity contribution in [1.82, 2.24) is 19.2 Å². The van der Waals surface area contributed by atoms with E-state index in [0.29, 0.717) is 6.67 Å². The average molecular weight is 384 g/mol. The normalized spacial score (nSPS) is 15.4. The van der Waals surface area contributed by atoms with E-state index in [1.807, 2.05) is 21.4 Å². The van der Waals surface area contributed by atoms with Crippen LogP contribution in [0.1, 0.15) is 12.5 Å². The van der Waals surface area contributed by atoms with Gasteiger partial charge in [-0.2, -0.15) is 0 Å². The molecule has 1 fully saturated rings. The molecular formula is C20H25N5OS. The predicted octanol–water partition coefficient (Wildman–Crippen LogP) is 3.78. The molecule has 0 amide bonds. The first-order valence-electron chi connectivity index (χ1n) is 9.41. The smallest absolute Gasteiger partial charge is 0.199 e. The van der Waals surface area contributed by atoms with Crippen LogP contribution < -0.4 is 4.90 Å². The Labute approximate surface area is 164 Å². The number of anilines is 1. The van der Waals surface area contributed by atoms with Crippen LogP contribution in [0, 0.1) is 11.7 Å². The van der Waals surface area contributed by atoms with E-state index in [2.05, 4.69) is 47.9 Å². The molecule has 0 radical (unpaired) electrons. The van der Waals surface area contributed by atoms with E-state index in [0.717, 1.165) is 49.1 Å². The third-order valence-electron chi connectivity index (χ3n) is 5.05. The molecule has 3 aromatic rings. The van der Waals surface area contributed by atoms with Crippen LogP contribution in [0.4, 0.5) is 5.69 Å². The van der Waals surface area contributed by atoms with Crippen LogP contribution in [0.5, 0.6) is 0 Å². The summed E-state index contributed by atoms with van der Waals surface area (Å²) in [6, 6.07) is 12.5. The summed E-state index contributed by atoms with van der Waals surface area (Å²) >= 11 is 5.65. The zero-order chi connectivity index (χ0) is 18.8. The average Bonchev–Trinajstić information content (AvgIpc) is 3.31. The van der Waals surface area contributed by atoms with Crippen LogP contribution in [0.15, 0.2) is 47.1 Å². The second-order valence-corrected chi connectivity index (χ2v) is 7.28. The molecule has 0 spiro atoms. The van der Waals surface area contributed by atoms with Crippen molar-refractivity contribution >= 4 is 17.9 Å². The molecule has 27 heavy (non-hydrogen) atoms. The third kappa shape index (κ3) is 3.70. The van der Waals surface area contributed by atoms with Gasteiger partial charge in [0.25, 0.3) is 0 Å². The van der Waals surface area contributed by atoms with Gasteiger partial charge in [-0.15, -0.1) is 5.10 Å². The van der Waals surface area contributed by atoms with E-state index >= 15 is 0 Å². The predicted molar refractivity (Wildman–Crippen MR) is 109 cm³/mol. The van der Waals surface area contributed by atoms with Crippen LogP contribution in [0.3, 0.4) is 0 Å². The first-order chi connectivity index (χ1) is 13.2. The number of benzene rings is 1.